The highest BCUT2D eigenvalue weighted by molar-refractivity contribution is 5.97. The van der Waals surface area contributed by atoms with Crippen LogP contribution in [0.2, 0.25) is 0 Å². The lowest BCUT2D eigenvalue weighted by molar-refractivity contribution is -0.274. The van der Waals surface area contributed by atoms with E-state index in [0.29, 0.717) is 29.4 Å². The van der Waals surface area contributed by atoms with Crippen molar-refractivity contribution in [1.29, 1.82) is 0 Å². The van der Waals surface area contributed by atoms with E-state index in [1.54, 1.807) is 24.3 Å². The van der Waals surface area contributed by atoms with E-state index in [4.69, 9.17) is 9.47 Å². The Bertz CT molecular complexity index is 1040. The molecule has 2 aromatic carbocycles. The van der Waals surface area contributed by atoms with Crippen LogP contribution in [-0.4, -0.2) is 49.9 Å². The Kier molecular flexibility index (Phi) is 9.15. The Balaban J connectivity index is 1.64. The minimum absolute atomic E-state index is 0.0000196. The molecule has 0 bridgehead atoms. The SMILES string of the molecule is CC(=O)OCCNC(=O)[C@H](Cc1ccc(OC(F)(F)F)cc1)NC(=O)c1ccc(OCC2CC2)cc1. The fourth-order valence-electron chi connectivity index (χ4n) is 3.21. The molecule has 0 heterocycles. The average molecular weight is 508 g/mol. The highest BCUT2D eigenvalue weighted by Gasteiger charge is 2.31. The first-order chi connectivity index (χ1) is 17.1. The molecule has 8 nitrogen and oxygen atoms in total. The first kappa shape index (κ1) is 26.8. The molecule has 0 radical (unpaired) electrons. The quantitative estimate of drug-likeness (QED) is 0.337. The van der Waals surface area contributed by atoms with Crippen molar-refractivity contribution in [3.63, 3.8) is 0 Å². The van der Waals surface area contributed by atoms with Crippen LogP contribution in [0.25, 0.3) is 0 Å². The molecule has 1 fully saturated rings. The summed E-state index contributed by atoms with van der Waals surface area (Å²) in [6.45, 7) is 1.84. The van der Waals surface area contributed by atoms with Gasteiger partial charge < -0.3 is 24.8 Å². The van der Waals surface area contributed by atoms with Gasteiger partial charge in [0.2, 0.25) is 5.91 Å². The van der Waals surface area contributed by atoms with E-state index < -0.39 is 35.9 Å². The standard InChI is InChI=1S/C25H27F3N2O6/c1-16(31)34-13-12-29-24(33)22(14-17-4-8-21(9-5-17)36-25(26,27)28)30-23(32)19-6-10-20(11-7-19)35-15-18-2-3-18/h4-11,18,22H,2-3,12-15H2,1H3,(H,29,33)(H,30,32)/t22-/m0/s1. The van der Waals surface area contributed by atoms with E-state index in [1.807, 2.05) is 0 Å². The van der Waals surface area contributed by atoms with Gasteiger partial charge >= 0.3 is 12.3 Å². The zero-order valence-corrected chi connectivity index (χ0v) is 19.6. The molecule has 0 unspecified atom stereocenters. The van der Waals surface area contributed by atoms with Crippen molar-refractivity contribution < 1.29 is 41.8 Å². The second-order valence-corrected chi connectivity index (χ2v) is 8.33. The number of amides is 2. The van der Waals surface area contributed by atoms with E-state index in [-0.39, 0.29) is 19.6 Å². The predicted octanol–water partition coefficient (Wildman–Crippen LogP) is 3.39. The van der Waals surface area contributed by atoms with Gasteiger partial charge in [-0.1, -0.05) is 12.1 Å². The predicted molar refractivity (Wildman–Crippen MR) is 122 cm³/mol. The van der Waals surface area contributed by atoms with Crippen LogP contribution in [0.3, 0.4) is 0 Å². The molecule has 1 saturated carbocycles. The van der Waals surface area contributed by atoms with Gasteiger partial charge in [0.1, 0.15) is 24.1 Å². The van der Waals surface area contributed by atoms with Crippen molar-refractivity contribution in [2.24, 2.45) is 5.92 Å². The summed E-state index contributed by atoms with van der Waals surface area (Å²) >= 11 is 0. The minimum atomic E-state index is -4.82. The van der Waals surface area contributed by atoms with Gasteiger partial charge in [-0.2, -0.15) is 0 Å². The van der Waals surface area contributed by atoms with E-state index in [1.165, 1.54) is 19.1 Å². The maximum atomic E-state index is 12.8. The second kappa shape index (κ2) is 12.3. The molecule has 11 heteroatoms. The largest absolute Gasteiger partial charge is 0.573 e. The van der Waals surface area contributed by atoms with Crippen molar-refractivity contribution in [1.82, 2.24) is 10.6 Å². The van der Waals surface area contributed by atoms with Gasteiger partial charge in [0, 0.05) is 18.9 Å². The van der Waals surface area contributed by atoms with Crippen molar-refractivity contribution in [3.05, 3.63) is 59.7 Å². The molecule has 2 amide bonds. The monoisotopic (exact) mass is 508 g/mol. The zero-order chi connectivity index (χ0) is 26.1. The van der Waals surface area contributed by atoms with E-state index >= 15 is 0 Å². The molecule has 0 aromatic heterocycles. The van der Waals surface area contributed by atoms with Crippen LogP contribution in [0.1, 0.15) is 35.7 Å². The van der Waals surface area contributed by atoms with Gasteiger partial charge in [-0.25, -0.2) is 0 Å². The fraction of sp³-hybridized carbons (Fsp3) is 0.400. The number of hydrogen-bond donors (Lipinski definition) is 2. The number of carbonyl (C=O) groups excluding carboxylic acids is 3. The number of carbonyl (C=O) groups is 3. The van der Waals surface area contributed by atoms with Crippen LogP contribution in [0, 0.1) is 5.92 Å². The fourth-order valence-corrected chi connectivity index (χ4v) is 3.21. The topological polar surface area (TPSA) is 103 Å². The Morgan fingerprint density at radius 1 is 1.00 bits per heavy atom. The molecule has 194 valence electrons. The van der Waals surface area contributed by atoms with Gasteiger partial charge in [-0.15, -0.1) is 13.2 Å². The van der Waals surface area contributed by atoms with Gasteiger partial charge in [0.25, 0.3) is 5.91 Å². The van der Waals surface area contributed by atoms with Crippen LogP contribution < -0.4 is 20.1 Å². The average Bonchev–Trinajstić information content (AvgIpc) is 3.65. The molecule has 3 rings (SSSR count). The minimum Gasteiger partial charge on any atom is -0.493 e. The lowest BCUT2D eigenvalue weighted by Gasteiger charge is -2.19. The molecule has 2 aromatic rings. The Morgan fingerprint density at radius 2 is 1.64 bits per heavy atom. The lowest BCUT2D eigenvalue weighted by Crippen LogP contribution is -2.48. The molecule has 36 heavy (non-hydrogen) atoms. The van der Waals surface area contributed by atoms with Crippen molar-refractivity contribution in [2.75, 3.05) is 19.8 Å². The summed E-state index contributed by atoms with van der Waals surface area (Å²) in [7, 11) is 0. The molecule has 2 N–H and O–H groups in total. The number of benzene rings is 2. The molecule has 0 aliphatic heterocycles. The highest BCUT2D eigenvalue weighted by atomic mass is 19.4. The zero-order valence-electron chi connectivity index (χ0n) is 19.6. The van der Waals surface area contributed by atoms with Crippen molar-refractivity contribution >= 4 is 17.8 Å². The Hall–Kier alpha value is -3.76. The maximum Gasteiger partial charge on any atom is 0.573 e. The number of esters is 1. The van der Waals surface area contributed by atoms with Gasteiger partial charge in [-0.05, 0) is 60.7 Å². The van der Waals surface area contributed by atoms with Crippen LogP contribution in [0.4, 0.5) is 13.2 Å². The summed E-state index contributed by atoms with van der Waals surface area (Å²) in [6, 6.07) is 10.5. The molecule has 0 saturated heterocycles. The first-order valence-electron chi connectivity index (χ1n) is 11.4. The normalized spacial score (nSPS) is 13.9. The summed E-state index contributed by atoms with van der Waals surface area (Å²) in [5.41, 5.74) is 0.800. The van der Waals surface area contributed by atoms with Crippen LogP contribution in [0.5, 0.6) is 11.5 Å². The number of halogens is 3. The number of alkyl halides is 3. The summed E-state index contributed by atoms with van der Waals surface area (Å²) in [5.74, 6) is -0.737. The maximum absolute atomic E-state index is 12.8. The number of rotatable bonds is 12. The van der Waals surface area contributed by atoms with Gasteiger partial charge in [0.15, 0.2) is 0 Å². The Labute approximate surface area is 206 Å². The Morgan fingerprint density at radius 3 is 2.22 bits per heavy atom. The van der Waals surface area contributed by atoms with Gasteiger partial charge in [0.05, 0.1) is 13.2 Å². The van der Waals surface area contributed by atoms with E-state index in [0.717, 1.165) is 25.0 Å². The molecular weight excluding hydrogens is 481 g/mol. The molecule has 0 spiro atoms. The number of nitrogens with one attached hydrogen (secondary N) is 2. The van der Waals surface area contributed by atoms with Crippen molar-refractivity contribution in [3.8, 4) is 11.5 Å². The van der Waals surface area contributed by atoms with Crippen LogP contribution in [-0.2, 0) is 20.7 Å². The van der Waals surface area contributed by atoms with E-state index in [9.17, 15) is 27.6 Å². The number of hydrogen-bond acceptors (Lipinski definition) is 6. The third-order valence-electron chi connectivity index (χ3n) is 5.22. The molecule has 1 aliphatic carbocycles. The smallest absolute Gasteiger partial charge is 0.493 e. The summed E-state index contributed by atoms with van der Waals surface area (Å²) in [5, 5.41) is 5.23. The van der Waals surface area contributed by atoms with Gasteiger partial charge in [-0.3, -0.25) is 14.4 Å². The lowest BCUT2D eigenvalue weighted by atomic mass is 10.0. The summed E-state index contributed by atoms with van der Waals surface area (Å²) in [4.78, 5) is 36.5. The molecular formula is C25H27F3N2O6. The third-order valence-corrected chi connectivity index (χ3v) is 5.22. The summed E-state index contributed by atoms with van der Waals surface area (Å²) < 4.78 is 51.5. The summed E-state index contributed by atoms with van der Waals surface area (Å²) in [6.07, 6.45) is -2.51. The first-order valence-corrected chi connectivity index (χ1v) is 11.4. The highest BCUT2D eigenvalue weighted by Crippen LogP contribution is 2.29. The van der Waals surface area contributed by atoms with E-state index in [2.05, 4.69) is 15.4 Å². The second-order valence-electron chi connectivity index (χ2n) is 8.33. The van der Waals surface area contributed by atoms with Crippen LogP contribution >= 0.6 is 0 Å². The molecule has 1 atom stereocenters. The van der Waals surface area contributed by atoms with Crippen LogP contribution in [0.15, 0.2) is 48.5 Å². The third kappa shape index (κ3) is 9.47. The number of ether oxygens (including phenoxy) is 3. The molecule has 1 aliphatic rings. The van der Waals surface area contributed by atoms with Crippen molar-refractivity contribution in [2.45, 2.75) is 38.6 Å².